The zero-order valence-electron chi connectivity index (χ0n) is 15.3. The van der Waals surface area contributed by atoms with Gasteiger partial charge in [-0.15, -0.1) is 0 Å². The average molecular weight is 345 g/mol. The smallest absolute Gasteiger partial charge is 0.257 e. The van der Waals surface area contributed by atoms with Crippen LogP contribution in [0.1, 0.15) is 60.3 Å². The first kappa shape index (κ1) is 17.7. The summed E-state index contributed by atoms with van der Waals surface area (Å²) in [6, 6.07) is 1.92. The van der Waals surface area contributed by atoms with E-state index in [4.69, 9.17) is 4.42 Å². The lowest BCUT2D eigenvalue weighted by Crippen LogP contribution is -2.38. The summed E-state index contributed by atoms with van der Waals surface area (Å²) in [6.07, 6.45) is 3.35. The van der Waals surface area contributed by atoms with Gasteiger partial charge < -0.3 is 9.32 Å². The number of likely N-dealkylation sites (tertiary alicyclic amines) is 1. The Hall–Kier alpha value is -2.15. The lowest BCUT2D eigenvalue weighted by Gasteiger charge is -2.30. The first-order valence-corrected chi connectivity index (χ1v) is 9.08. The molecular weight excluding hydrogens is 318 g/mol. The maximum absolute atomic E-state index is 12.9. The Morgan fingerprint density at radius 1 is 1.36 bits per heavy atom. The number of hydrogen-bond acceptors (Lipinski definition) is 5. The highest BCUT2D eigenvalue weighted by Gasteiger charge is 2.28. The van der Waals surface area contributed by atoms with Gasteiger partial charge in [-0.1, -0.05) is 13.8 Å². The van der Waals surface area contributed by atoms with Crippen molar-refractivity contribution < 1.29 is 9.21 Å². The van der Waals surface area contributed by atoms with Gasteiger partial charge in [-0.25, -0.2) is 4.98 Å². The summed E-state index contributed by atoms with van der Waals surface area (Å²) in [7, 11) is 0. The number of aromatic amines is 1. The van der Waals surface area contributed by atoms with E-state index in [0.29, 0.717) is 17.2 Å². The number of nitrogens with one attached hydrogen (secondary N) is 1. The number of carbonyl (C=O) groups excluding carboxylic acids is 1. The summed E-state index contributed by atoms with van der Waals surface area (Å²) < 4.78 is 5.83. The molecule has 136 valence electrons. The molecule has 1 saturated heterocycles. The van der Waals surface area contributed by atoms with Crippen LogP contribution in [0.2, 0.25) is 0 Å². The van der Waals surface area contributed by atoms with Gasteiger partial charge in [0.25, 0.3) is 5.91 Å². The summed E-state index contributed by atoms with van der Waals surface area (Å²) in [5.74, 6) is 2.93. The Bertz CT molecular complexity index is 682. The minimum absolute atomic E-state index is 0.0723. The van der Waals surface area contributed by atoms with Crippen LogP contribution in [0.25, 0.3) is 0 Å². The first-order chi connectivity index (χ1) is 12.1. The van der Waals surface area contributed by atoms with Crippen molar-refractivity contribution in [3.05, 3.63) is 35.3 Å². The third kappa shape index (κ3) is 3.92. The van der Waals surface area contributed by atoms with Crippen molar-refractivity contribution in [2.45, 2.75) is 46.1 Å². The fourth-order valence-electron chi connectivity index (χ4n) is 3.44. The Balaban J connectivity index is 1.62. The predicted octanol–water partition coefficient (Wildman–Crippen LogP) is 2.57. The average Bonchev–Trinajstić information content (AvgIpc) is 3.29. The minimum Gasteiger partial charge on any atom is -0.464 e. The quantitative estimate of drug-likeness (QED) is 0.870. The fraction of sp³-hybridized carbons (Fsp3) is 0.611. The van der Waals surface area contributed by atoms with Gasteiger partial charge in [0.1, 0.15) is 23.7 Å². The molecule has 1 amide bonds. The number of rotatable bonds is 6. The van der Waals surface area contributed by atoms with Crippen LogP contribution in [0, 0.1) is 6.92 Å². The summed E-state index contributed by atoms with van der Waals surface area (Å²) >= 11 is 0. The third-order valence-corrected chi connectivity index (χ3v) is 5.08. The Morgan fingerprint density at radius 3 is 2.68 bits per heavy atom. The molecule has 2 aromatic heterocycles. The molecule has 0 aromatic carbocycles. The lowest BCUT2D eigenvalue weighted by molar-refractivity contribution is 0.0709. The molecule has 2 aromatic rings. The van der Waals surface area contributed by atoms with Gasteiger partial charge in [0.05, 0.1) is 12.1 Å². The zero-order valence-corrected chi connectivity index (χ0v) is 15.3. The number of hydrogen-bond donors (Lipinski definition) is 1. The van der Waals surface area contributed by atoms with Crippen LogP contribution in [0.5, 0.6) is 0 Å². The number of aryl methyl sites for hydroxylation is 1. The van der Waals surface area contributed by atoms with E-state index in [9.17, 15) is 4.79 Å². The topological polar surface area (TPSA) is 78.3 Å². The normalized spacial score (nSPS) is 15.9. The summed E-state index contributed by atoms with van der Waals surface area (Å²) in [4.78, 5) is 21.3. The molecule has 0 aliphatic carbocycles. The van der Waals surface area contributed by atoms with E-state index in [0.717, 1.165) is 57.2 Å². The van der Waals surface area contributed by atoms with Crippen LogP contribution in [0.4, 0.5) is 0 Å². The number of carbonyl (C=O) groups is 1. The fourth-order valence-corrected chi connectivity index (χ4v) is 3.44. The van der Waals surface area contributed by atoms with E-state index < -0.39 is 0 Å². The highest BCUT2D eigenvalue weighted by atomic mass is 16.3. The minimum atomic E-state index is 0.0723. The van der Waals surface area contributed by atoms with E-state index in [1.807, 2.05) is 17.9 Å². The molecule has 25 heavy (non-hydrogen) atoms. The summed E-state index contributed by atoms with van der Waals surface area (Å²) in [5, 5.41) is 6.86. The number of nitrogens with zero attached hydrogens (tertiary/aromatic N) is 4. The molecule has 1 N–H and O–H groups in total. The van der Waals surface area contributed by atoms with Crippen LogP contribution in [-0.2, 0) is 6.54 Å². The maximum Gasteiger partial charge on any atom is 0.257 e. The monoisotopic (exact) mass is 345 g/mol. The molecule has 3 rings (SSSR count). The van der Waals surface area contributed by atoms with Crippen molar-refractivity contribution >= 4 is 5.91 Å². The lowest BCUT2D eigenvalue weighted by atomic mass is 9.95. The Morgan fingerprint density at radius 2 is 2.08 bits per heavy atom. The van der Waals surface area contributed by atoms with Gasteiger partial charge in [0, 0.05) is 19.0 Å². The Labute approximate surface area is 148 Å². The second-order valence-electron chi connectivity index (χ2n) is 6.58. The third-order valence-electron chi connectivity index (χ3n) is 5.08. The van der Waals surface area contributed by atoms with E-state index in [1.54, 1.807) is 6.33 Å². The van der Waals surface area contributed by atoms with Crippen molar-refractivity contribution in [2.75, 3.05) is 26.2 Å². The van der Waals surface area contributed by atoms with E-state index in [1.165, 1.54) is 0 Å². The maximum atomic E-state index is 12.9. The van der Waals surface area contributed by atoms with Crippen LogP contribution in [-0.4, -0.2) is 57.1 Å². The van der Waals surface area contributed by atoms with Gasteiger partial charge >= 0.3 is 0 Å². The van der Waals surface area contributed by atoms with Gasteiger partial charge in [0.15, 0.2) is 0 Å². The van der Waals surface area contributed by atoms with Crippen LogP contribution >= 0.6 is 0 Å². The number of H-pyrrole nitrogens is 1. The van der Waals surface area contributed by atoms with Gasteiger partial charge in [-0.05, 0) is 38.9 Å². The number of aromatic nitrogens is 3. The highest BCUT2D eigenvalue weighted by Crippen LogP contribution is 2.27. The number of amides is 1. The SMILES string of the molecule is CCN(CC)Cc1cc(C(=O)N2CCC(c3ncn[nH]3)CC2)c(C)o1. The van der Waals surface area contributed by atoms with Gasteiger partial charge in [-0.3, -0.25) is 14.8 Å². The molecular formula is C18H27N5O2. The molecule has 0 bridgehead atoms. The van der Waals surface area contributed by atoms with Crippen molar-refractivity contribution in [1.29, 1.82) is 0 Å². The molecule has 0 spiro atoms. The van der Waals surface area contributed by atoms with E-state index >= 15 is 0 Å². The van der Waals surface area contributed by atoms with Crippen molar-refractivity contribution in [2.24, 2.45) is 0 Å². The van der Waals surface area contributed by atoms with Crippen molar-refractivity contribution in [1.82, 2.24) is 25.0 Å². The molecule has 7 heteroatoms. The molecule has 0 atom stereocenters. The van der Waals surface area contributed by atoms with Crippen molar-refractivity contribution in [3.8, 4) is 0 Å². The second kappa shape index (κ2) is 7.82. The van der Waals surface area contributed by atoms with Crippen LogP contribution < -0.4 is 0 Å². The largest absolute Gasteiger partial charge is 0.464 e. The molecule has 0 radical (unpaired) electrons. The zero-order chi connectivity index (χ0) is 17.8. The number of piperidine rings is 1. The summed E-state index contributed by atoms with van der Waals surface area (Å²) in [6.45, 7) is 10.3. The summed E-state index contributed by atoms with van der Waals surface area (Å²) in [5.41, 5.74) is 0.695. The predicted molar refractivity (Wildman–Crippen MR) is 94.3 cm³/mol. The van der Waals surface area contributed by atoms with E-state index in [2.05, 4.69) is 33.9 Å². The van der Waals surface area contributed by atoms with Gasteiger partial charge in [-0.2, -0.15) is 5.10 Å². The van der Waals surface area contributed by atoms with Crippen molar-refractivity contribution in [3.63, 3.8) is 0 Å². The molecule has 0 saturated carbocycles. The molecule has 3 heterocycles. The molecule has 1 aliphatic heterocycles. The molecule has 7 nitrogen and oxygen atoms in total. The second-order valence-corrected chi connectivity index (χ2v) is 6.58. The highest BCUT2D eigenvalue weighted by molar-refractivity contribution is 5.95. The first-order valence-electron chi connectivity index (χ1n) is 9.08. The van der Waals surface area contributed by atoms with Gasteiger partial charge in [0.2, 0.25) is 0 Å². The van der Waals surface area contributed by atoms with Crippen LogP contribution in [0.15, 0.2) is 16.8 Å². The van der Waals surface area contributed by atoms with Crippen LogP contribution in [0.3, 0.4) is 0 Å². The molecule has 0 unspecified atom stereocenters. The van der Waals surface area contributed by atoms with E-state index in [-0.39, 0.29) is 5.91 Å². The Kier molecular flexibility index (Phi) is 5.53. The standard InChI is InChI=1S/C18H27N5O2/c1-4-22(5-2)11-15-10-16(13(3)25-15)18(24)23-8-6-14(7-9-23)17-19-12-20-21-17/h10,12,14H,4-9,11H2,1-3H3,(H,19,20,21). The molecule has 1 aliphatic rings. The molecule has 1 fully saturated rings. The number of furan rings is 1.